The molecule has 1 amide bonds. The summed E-state index contributed by atoms with van der Waals surface area (Å²) in [4.78, 5) is 29.6. The second kappa shape index (κ2) is 10.5. The molecule has 1 unspecified atom stereocenters. The molecule has 8 nitrogen and oxygen atoms in total. The van der Waals surface area contributed by atoms with Crippen LogP contribution in [0.15, 0.2) is 23.8 Å². The molecule has 3 heterocycles. The molecule has 2 aromatic heterocycles. The van der Waals surface area contributed by atoms with Crippen molar-refractivity contribution in [3.8, 4) is 0 Å². The van der Waals surface area contributed by atoms with Crippen LogP contribution in [0.3, 0.4) is 0 Å². The van der Waals surface area contributed by atoms with Crippen LogP contribution in [0.25, 0.3) is 0 Å². The van der Waals surface area contributed by atoms with Gasteiger partial charge in [0.05, 0.1) is 30.2 Å². The van der Waals surface area contributed by atoms with Crippen LogP contribution in [0, 0.1) is 0 Å². The summed E-state index contributed by atoms with van der Waals surface area (Å²) >= 11 is 1.75. The summed E-state index contributed by atoms with van der Waals surface area (Å²) in [5.74, 6) is -2.90. The Kier molecular flexibility index (Phi) is 8.38. The summed E-state index contributed by atoms with van der Waals surface area (Å²) in [6.45, 7) is 3.41. The highest BCUT2D eigenvalue weighted by Gasteiger charge is 2.38. The molecule has 0 bridgehead atoms. The third-order valence-electron chi connectivity index (χ3n) is 4.33. The maximum atomic E-state index is 12.6. The van der Waals surface area contributed by atoms with E-state index in [2.05, 4.69) is 32.7 Å². The number of carbonyl (C=O) groups is 2. The number of methoxy groups -OCH3 is 1. The number of alkyl halides is 3. The Hall–Kier alpha value is -2.44. The second-order valence-corrected chi connectivity index (χ2v) is 7.61. The quantitative estimate of drug-likeness (QED) is 0.656. The first-order valence-electron chi connectivity index (χ1n) is 8.95. The van der Waals surface area contributed by atoms with Crippen molar-refractivity contribution < 1.29 is 32.6 Å². The van der Waals surface area contributed by atoms with E-state index < -0.39 is 12.1 Å². The number of carboxylic acids is 1. The number of aliphatic carboxylic acids is 1. The van der Waals surface area contributed by atoms with Crippen molar-refractivity contribution >= 4 is 23.2 Å². The van der Waals surface area contributed by atoms with Gasteiger partial charge in [-0.1, -0.05) is 6.07 Å². The molecule has 0 radical (unpaired) electrons. The van der Waals surface area contributed by atoms with E-state index >= 15 is 0 Å². The number of imidazole rings is 1. The number of rotatable bonds is 6. The van der Waals surface area contributed by atoms with Crippen LogP contribution in [0.4, 0.5) is 13.2 Å². The van der Waals surface area contributed by atoms with Crippen LogP contribution in [0.5, 0.6) is 0 Å². The maximum absolute atomic E-state index is 12.6. The minimum Gasteiger partial charge on any atom is -0.475 e. The van der Waals surface area contributed by atoms with Crippen molar-refractivity contribution in [3.05, 3.63) is 40.1 Å². The molecule has 0 aliphatic carbocycles. The van der Waals surface area contributed by atoms with Gasteiger partial charge in [0.1, 0.15) is 0 Å². The first kappa shape index (κ1) is 23.8. The number of hydrogen-bond acceptors (Lipinski definition) is 6. The number of thiophene rings is 1. The molecule has 1 aliphatic heterocycles. The molecule has 166 valence electrons. The van der Waals surface area contributed by atoms with Crippen LogP contribution in [0.1, 0.15) is 22.2 Å². The molecule has 1 atom stereocenters. The number of fused-ring (bicyclic) bond motifs is 1. The number of nitrogens with one attached hydrogen (secondary N) is 1. The Morgan fingerprint density at radius 1 is 1.43 bits per heavy atom. The van der Waals surface area contributed by atoms with Gasteiger partial charge >= 0.3 is 12.1 Å². The summed E-state index contributed by atoms with van der Waals surface area (Å²) < 4.78 is 38.7. The van der Waals surface area contributed by atoms with Gasteiger partial charge in [-0.2, -0.15) is 13.2 Å². The lowest BCUT2D eigenvalue weighted by Crippen LogP contribution is -2.42. The van der Waals surface area contributed by atoms with Crippen molar-refractivity contribution in [3.63, 3.8) is 0 Å². The maximum Gasteiger partial charge on any atom is 0.490 e. The van der Waals surface area contributed by atoms with Crippen molar-refractivity contribution in [1.82, 2.24) is 19.8 Å². The van der Waals surface area contributed by atoms with E-state index in [9.17, 15) is 18.0 Å². The number of amides is 1. The highest BCUT2D eigenvalue weighted by Crippen LogP contribution is 2.29. The molecule has 0 aromatic carbocycles. The lowest BCUT2D eigenvalue weighted by Gasteiger charge is -2.31. The second-order valence-electron chi connectivity index (χ2n) is 6.58. The van der Waals surface area contributed by atoms with Gasteiger partial charge in [0.25, 0.3) is 0 Å². The van der Waals surface area contributed by atoms with Crippen molar-refractivity contribution in [2.45, 2.75) is 25.2 Å². The van der Waals surface area contributed by atoms with Crippen molar-refractivity contribution in [2.24, 2.45) is 7.05 Å². The zero-order chi connectivity index (χ0) is 22.3. The minimum atomic E-state index is -5.08. The van der Waals surface area contributed by atoms with Crippen LogP contribution < -0.4 is 5.32 Å². The van der Waals surface area contributed by atoms with E-state index in [1.54, 1.807) is 24.8 Å². The van der Waals surface area contributed by atoms with Gasteiger partial charge in [0, 0.05) is 45.2 Å². The van der Waals surface area contributed by atoms with E-state index in [0.29, 0.717) is 19.7 Å². The highest BCUT2D eigenvalue weighted by molar-refractivity contribution is 7.09. The van der Waals surface area contributed by atoms with E-state index in [1.807, 2.05) is 11.6 Å². The third-order valence-corrected chi connectivity index (χ3v) is 5.19. The van der Waals surface area contributed by atoms with Crippen molar-refractivity contribution in [2.75, 3.05) is 26.8 Å². The Labute approximate surface area is 175 Å². The van der Waals surface area contributed by atoms with Crippen LogP contribution in [-0.2, 0) is 34.5 Å². The molecule has 3 rings (SSSR count). The van der Waals surface area contributed by atoms with E-state index in [1.165, 1.54) is 4.88 Å². The van der Waals surface area contributed by atoms with Gasteiger partial charge in [-0.05, 0) is 11.4 Å². The molecule has 2 N–H and O–H groups in total. The fourth-order valence-corrected chi connectivity index (χ4v) is 3.77. The van der Waals surface area contributed by atoms with E-state index in [-0.39, 0.29) is 11.8 Å². The summed E-state index contributed by atoms with van der Waals surface area (Å²) in [7, 11) is 3.59. The number of aromatic nitrogens is 2. The lowest BCUT2D eigenvalue weighted by molar-refractivity contribution is -0.192. The molecular weight excluding hydrogens is 425 g/mol. The highest BCUT2D eigenvalue weighted by atomic mass is 32.1. The summed E-state index contributed by atoms with van der Waals surface area (Å²) in [6, 6.07) is 4.19. The molecule has 0 saturated heterocycles. The molecule has 30 heavy (non-hydrogen) atoms. The van der Waals surface area contributed by atoms with Crippen molar-refractivity contribution in [1.29, 1.82) is 0 Å². The van der Waals surface area contributed by atoms with Gasteiger partial charge in [-0.25, -0.2) is 9.78 Å². The number of carboxylic acid groups (broad SMARTS) is 1. The Morgan fingerprint density at radius 3 is 2.70 bits per heavy atom. The first-order chi connectivity index (χ1) is 14.1. The number of carbonyl (C=O) groups excluding carboxylic acids is 1. The fourth-order valence-electron chi connectivity index (χ4n) is 3.03. The normalized spacial score (nSPS) is 16.4. The van der Waals surface area contributed by atoms with Gasteiger partial charge < -0.3 is 19.7 Å². The van der Waals surface area contributed by atoms with Gasteiger partial charge in [0.2, 0.25) is 5.91 Å². The third kappa shape index (κ3) is 6.54. The SMILES string of the molecule is COCCNC(=O)C1CN(Cc2cccs2)Cc2ncn(C)c21.O=C(O)C(F)(F)F. The predicted octanol–water partition coefficient (Wildman–Crippen LogP) is 1.98. The summed E-state index contributed by atoms with van der Waals surface area (Å²) in [6.07, 6.45) is -3.28. The van der Waals surface area contributed by atoms with Crippen LogP contribution in [-0.4, -0.2) is 64.4 Å². The topological polar surface area (TPSA) is 96.7 Å². The number of ether oxygens (including phenoxy) is 1. The fraction of sp³-hybridized carbons (Fsp3) is 0.500. The zero-order valence-corrected chi connectivity index (χ0v) is 17.3. The average molecular weight is 448 g/mol. The van der Waals surface area contributed by atoms with Crippen LogP contribution >= 0.6 is 11.3 Å². The first-order valence-corrected chi connectivity index (χ1v) is 9.83. The van der Waals surface area contributed by atoms with E-state index in [4.69, 9.17) is 14.6 Å². The zero-order valence-electron chi connectivity index (χ0n) is 16.5. The Morgan fingerprint density at radius 2 is 2.13 bits per heavy atom. The largest absolute Gasteiger partial charge is 0.490 e. The van der Waals surface area contributed by atoms with E-state index in [0.717, 1.165) is 24.5 Å². The molecular formula is C18H23F3N4O4S. The van der Waals surface area contributed by atoms with Gasteiger partial charge in [-0.3, -0.25) is 9.69 Å². The Bertz CT molecular complexity index is 839. The predicted molar refractivity (Wildman–Crippen MR) is 103 cm³/mol. The summed E-state index contributed by atoms with van der Waals surface area (Å²) in [5.41, 5.74) is 2.03. The number of halogens is 3. The smallest absolute Gasteiger partial charge is 0.475 e. The lowest BCUT2D eigenvalue weighted by atomic mass is 9.97. The van der Waals surface area contributed by atoms with Crippen LogP contribution in [0.2, 0.25) is 0 Å². The van der Waals surface area contributed by atoms with Gasteiger partial charge in [-0.15, -0.1) is 11.3 Å². The minimum absolute atomic E-state index is 0.0442. The average Bonchev–Trinajstić information content (AvgIpc) is 3.31. The Balaban J connectivity index is 0.000000396. The summed E-state index contributed by atoms with van der Waals surface area (Å²) in [5, 5.41) is 12.2. The molecule has 2 aromatic rings. The van der Waals surface area contributed by atoms with Gasteiger partial charge in [0.15, 0.2) is 0 Å². The number of hydrogen-bond donors (Lipinski definition) is 2. The molecule has 0 saturated carbocycles. The number of aryl methyl sites for hydroxylation is 1. The number of nitrogens with zero attached hydrogens (tertiary/aromatic N) is 3. The molecule has 1 aliphatic rings. The molecule has 0 spiro atoms. The monoisotopic (exact) mass is 448 g/mol. The molecule has 0 fully saturated rings. The standard InChI is InChI=1S/C16H22N4O2S.C2HF3O2/c1-19-11-18-14-10-20(8-12-4-3-7-23-12)9-13(15(14)19)16(21)17-5-6-22-2;3-2(4,5)1(6)7/h3-4,7,11,13H,5-6,8-10H2,1-2H3,(H,17,21);(H,6,7). The molecule has 12 heteroatoms.